The van der Waals surface area contributed by atoms with E-state index >= 15 is 0 Å². The van der Waals surface area contributed by atoms with Crippen molar-refractivity contribution >= 4 is 11.6 Å². The number of nitrogens with two attached hydrogens (primary N) is 1. The zero-order valence-electron chi connectivity index (χ0n) is 7.59. The predicted molar refractivity (Wildman–Crippen MR) is 54.1 cm³/mol. The van der Waals surface area contributed by atoms with Crippen molar-refractivity contribution in [2.45, 2.75) is 12.8 Å². The first-order chi connectivity index (χ1) is 6.15. The molecule has 0 aliphatic heterocycles. The van der Waals surface area contributed by atoms with Crippen molar-refractivity contribution in [1.82, 2.24) is 4.57 Å². The van der Waals surface area contributed by atoms with Gasteiger partial charge in [0.05, 0.1) is 5.02 Å². The van der Waals surface area contributed by atoms with Gasteiger partial charge in [-0.05, 0) is 24.9 Å². The van der Waals surface area contributed by atoms with Crippen LogP contribution in [0.15, 0.2) is 17.1 Å². The number of aryl methyl sites for hydroxylation is 2. The molecule has 0 aliphatic carbocycles. The number of hydrogen-bond donors (Lipinski definition) is 1. The molecule has 0 aromatic carbocycles. The maximum Gasteiger partial charge on any atom is 0.250 e. The van der Waals surface area contributed by atoms with E-state index in [9.17, 15) is 4.79 Å². The summed E-state index contributed by atoms with van der Waals surface area (Å²) in [6.45, 7) is 0.617. The fraction of sp³-hybridized carbons (Fsp3) is 0.444. The highest BCUT2D eigenvalue weighted by Crippen LogP contribution is 2.13. The van der Waals surface area contributed by atoms with Gasteiger partial charge in [0.25, 0.3) is 5.56 Å². The minimum atomic E-state index is -0.0311. The number of nitrogens with zero attached hydrogens (tertiary/aromatic N) is 1. The third kappa shape index (κ3) is 2.57. The predicted octanol–water partition coefficient (Wildman–Crippen LogP) is 0.930. The minimum absolute atomic E-state index is 0.0311. The highest BCUT2D eigenvalue weighted by atomic mass is 35.5. The lowest BCUT2D eigenvalue weighted by Gasteiger charge is -2.04. The Labute approximate surface area is 82.1 Å². The van der Waals surface area contributed by atoms with E-state index in [4.69, 9.17) is 17.3 Å². The van der Waals surface area contributed by atoms with Gasteiger partial charge in [-0.3, -0.25) is 4.79 Å². The van der Waals surface area contributed by atoms with Gasteiger partial charge in [0, 0.05) is 19.3 Å². The molecule has 0 aliphatic rings. The SMILES string of the molecule is Cn1cc(Cl)c(CCCN)cc1=O. The summed E-state index contributed by atoms with van der Waals surface area (Å²) in [5.41, 5.74) is 6.22. The van der Waals surface area contributed by atoms with E-state index in [1.807, 2.05) is 0 Å². The number of halogens is 1. The smallest absolute Gasteiger partial charge is 0.250 e. The maximum atomic E-state index is 11.2. The zero-order chi connectivity index (χ0) is 9.84. The second-order valence-electron chi connectivity index (χ2n) is 2.99. The molecular formula is C9H13ClN2O. The minimum Gasteiger partial charge on any atom is -0.330 e. The average Bonchev–Trinajstić information content (AvgIpc) is 2.09. The van der Waals surface area contributed by atoms with Crippen LogP contribution in [0.3, 0.4) is 0 Å². The molecule has 0 radical (unpaired) electrons. The van der Waals surface area contributed by atoms with Gasteiger partial charge in [-0.15, -0.1) is 0 Å². The summed E-state index contributed by atoms with van der Waals surface area (Å²) in [6.07, 6.45) is 3.26. The standard InChI is InChI=1S/C9H13ClN2O/c1-12-6-8(10)7(3-2-4-11)5-9(12)13/h5-6H,2-4,11H2,1H3. The summed E-state index contributed by atoms with van der Waals surface area (Å²) in [4.78, 5) is 11.2. The van der Waals surface area contributed by atoms with Crippen LogP contribution < -0.4 is 11.3 Å². The summed E-state index contributed by atoms with van der Waals surface area (Å²) >= 11 is 5.94. The maximum absolute atomic E-state index is 11.2. The summed E-state index contributed by atoms with van der Waals surface area (Å²) in [5.74, 6) is 0. The van der Waals surface area contributed by atoms with E-state index in [1.165, 1.54) is 4.57 Å². The van der Waals surface area contributed by atoms with Crippen LogP contribution in [0.5, 0.6) is 0 Å². The van der Waals surface area contributed by atoms with Crippen LogP contribution in [0.4, 0.5) is 0 Å². The third-order valence-corrected chi connectivity index (χ3v) is 2.25. The van der Waals surface area contributed by atoms with Crippen molar-refractivity contribution in [2.24, 2.45) is 12.8 Å². The van der Waals surface area contributed by atoms with Crippen molar-refractivity contribution in [1.29, 1.82) is 0 Å². The molecule has 0 bridgehead atoms. The molecule has 3 nitrogen and oxygen atoms in total. The van der Waals surface area contributed by atoms with Crippen LogP contribution in [-0.4, -0.2) is 11.1 Å². The Morgan fingerprint density at radius 2 is 2.31 bits per heavy atom. The van der Waals surface area contributed by atoms with Gasteiger partial charge in [0.1, 0.15) is 0 Å². The molecule has 0 spiro atoms. The molecule has 4 heteroatoms. The topological polar surface area (TPSA) is 48.0 Å². The molecule has 2 N–H and O–H groups in total. The van der Waals surface area contributed by atoms with Crippen LogP contribution in [-0.2, 0) is 13.5 Å². The number of pyridine rings is 1. The molecular weight excluding hydrogens is 188 g/mol. The molecule has 0 amide bonds. The summed E-state index contributed by atoms with van der Waals surface area (Å²) < 4.78 is 1.47. The van der Waals surface area contributed by atoms with Crippen LogP contribution in [0.25, 0.3) is 0 Å². The Hall–Kier alpha value is -0.800. The fourth-order valence-electron chi connectivity index (χ4n) is 1.12. The molecule has 1 aromatic rings. The molecule has 13 heavy (non-hydrogen) atoms. The molecule has 72 valence electrons. The van der Waals surface area contributed by atoms with Gasteiger partial charge in [-0.25, -0.2) is 0 Å². The van der Waals surface area contributed by atoms with Gasteiger partial charge in [0.15, 0.2) is 0 Å². The summed E-state index contributed by atoms with van der Waals surface area (Å²) in [7, 11) is 1.68. The molecule has 1 heterocycles. The Bertz CT molecular complexity index is 346. The van der Waals surface area contributed by atoms with Crippen molar-refractivity contribution in [2.75, 3.05) is 6.54 Å². The largest absolute Gasteiger partial charge is 0.330 e. The molecule has 0 saturated heterocycles. The number of hydrogen-bond acceptors (Lipinski definition) is 2. The van der Waals surface area contributed by atoms with Crippen molar-refractivity contribution < 1.29 is 0 Å². The second-order valence-corrected chi connectivity index (χ2v) is 3.40. The van der Waals surface area contributed by atoms with Gasteiger partial charge in [-0.2, -0.15) is 0 Å². The highest BCUT2D eigenvalue weighted by Gasteiger charge is 2.02. The van der Waals surface area contributed by atoms with Crippen molar-refractivity contribution in [3.63, 3.8) is 0 Å². The quantitative estimate of drug-likeness (QED) is 0.789. The lowest BCUT2D eigenvalue weighted by atomic mass is 10.1. The first-order valence-electron chi connectivity index (χ1n) is 4.20. The monoisotopic (exact) mass is 200 g/mol. The van der Waals surface area contributed by atoms with Gasteiger partial charge >= 0.3 is 0 Å². The molecule has 1 aromatic heterocycles. The summed E-state index contributed by atoms with van der Waals surface area (Å²) in [6, 6.07) is 1.57. The summed E-state index contributed by atoms with van der Waals surface area (Å²) in [5, 5.41) is 0.635. The Kier molecular flexibility index (Phi) is 3.51. The van der Waals surface area contributed by atoms with E-state index in [1.54, 1.807) is 19.3 Å². The van der Waals surface area contributed by atoms with Crippen LogP contribution in [0, 0.1) is 0 Å². The van der Waals surface area contributed by atoms with Crippen molar-refractivity contribution in [3.8, 4) is 0 Å². The Balaban J connectivity index is 2.95. The van der Waals surface area contributed by atoms with E-state index < -0.39 is 0 Å². The number of rotatable bonds is 3. The van der Waals surface area contributed by atoms with Crippen LogP contribution in [0.2, 0.25) is 5.02 Å². The molecule has 0 fully saturated rings. The molecule has 0 saturated carbocycles. The van der Waals surface area contributed by atoms with Gasteiger partial charge in [0.2, 0.25) is 0 Å². The molecule has 0 atom stereocenters. The molecule has 0 unspecified atom stereocenters. The van der Waals surface area contributed by atoms with E-state index in [0.29, 0.717) is 11.6 Å². The highest BCUT2D eigenvalue weighted by molar-refractivity contribution is 6.31. The van der Waals surface area contributed by atoms with Crippen molar-refractivity contribution in [3.05, 3.63) is 33.2 Å². The lowest BCUT2D eigenvalue weighted by molar-refractivity contribution is 0.808. The first kappa shape index (κ1) is 10.3. The van der Waals surface area contributed by atoms with E-state index in [2.05, 4.69) is 0 Å². The normalized spacial score (nSPS) is 10.4. The van der Waals surface area contributed by atoms with Gasteiger partial charge < -0.3 is 10.3 Å². The lowest BCUT2D eigenvalue weighted by Crippen LogP contribution is -2.16. The fourth-order valence-corrected chi connectivity index (χ4v) is 1.42. The Morgan fingerprint density at radius 3 is 2.92 bits per heavy atom. The van der Waals surface area contributed by atoms with E-state index in [-0.39, 0.29) is 5.56 Å². The first-order valence-corrected chi connectivity index (χ1v) is 4.58. The zero-order valence-corrected chi connectivity index (χ0v) is 8.34. The third-order valence-electron chi connectivity index (χ3n) is 1.91. The second kappa shape index (κ2) is 4.44. The molecule has 1 rings (SSSR count). The average molecular weight is 201 g/mol. The van der Waals surface area contributed by atoms with E-state index in [0.717, 1.165) is 18.4 Å². The number of aromatic nitrogens is 1. The van der Waals surface area contributed by atoms with Gasteiger partial charge in [-0.1, -0.05) is 11.6 Å². The van der Waals surface area contributed by atoms with Crippen LogP contribution in [0.1, 0.15) is 12.0 Å². The Morgan fingerprint density at radius 1 is 1.62 bits per heavy atom. The van der Waals surface area contributed by atoms with Crippen LogP contribution >= 0.6 is 11.6 Å².